The molecule has 3 N–H and O–H groups in total. The van der Waals surface area contributed by atoms with E-state index in [-0.39, 0.29) is 6.04 Å². The third-order valence-corrected chi connectivity index (χ3v) is 3.64. The molecular weight excluding hydrogens is 220 g/mol. The minimum atomic E-state index is -1.04. The SMILES string of the molecule is COCCN(C(C)C)C1CCC(N)(C(=O)O)C1. The number of aliphatic carboxylic acids is 1. The van der Waals surface area contributed by atoms with Crippen LogP contribution in [-0.2, 0) is 9.53 Å². The predicted octanol–water partition coefficient (Wildman–Crippen LogP) is 0.678. The number of rotatable bonds is 6. The number of methoxy groups -OCH3 is 1. The van der Waals surface area contributed by atoms with E-state index in [0.29, 0.717) is 25.5 Å². The fourth-order valence-electron chi connectivity index (χ4n) is 2.59. The highest BCUT2D eigenvalue weighted by Crippen LogP contribution is 2.32. The summed E-state index contributed by atoms with van der Waals surface area (Å²) in [5, 5.41) is 9.12. The summed E-state index contributed by atoms with van der Waals surface area (Å²) < 4.78 is 5.09. The Bertz CT molecular complexity index is 270. The van der Waals surface area contributed by atoms with Gasteiger partial charge in [0.2, 0.25) is 0 Å². The number of nitrogens with two attached hydrogens (primary N) is 1. The highest BCUT2D eigenvalue weighted by atomic mass is 16.5. The van der Waals surface area contributed by atoms with Crippen molar-refractivity contribution < 1.29 is 14.6 Å². The maximum absolute atomic E-state index is 11.1. The summed E-state index contributed by atoms with van der Waals surface area (Å²) >= 11 is 0. The zero-order valence-corrected chi connectivity index (χ0v) is 11.0. The molecule has 0 amide bonds. The largest absolute Gasteiger partial charge is 0.480 e. The molecule has 5 nitrogen and oxygen atoms in total. The number of carboxylic acid groups (broad SMARTS) is 1. The van der Waals surface area contributed by atoms with Gasteiger partial charge in [-0.2, -0.15) is 0 Å². The van der Waals surface area contributed by atoms with Gasteiger partial charge in [-0.15, -0.1) is 0 Å². The molecule has 2 unspecified atom stereocenters. The topological polar surface area (TPSA) is 75.8 Å². The molecule has 0 saturated heterocycles. The van der Waals surface area contributed by atoms with Crippen LogP contribution in [-0.4, -0.2) is 53.9 Å². The Balaban J connectivity index is 2.63. The number of nitrogens with zero attached hydrogens (tertiary/aromatic N) is 1. The summed E-state index contributed by atoms with van der Waals surface area (Å²) in [6.45, 7) is 5.73. The third kappa shape index (κ3) is 3.40. The summed E-state index contributed by atoms with van der Waals surface area (Å²) in [5.41, 5.74) is 4.86. The van der Waals surface area contributed by atoms with Gasteiger partial charge in [0.25, 0.3) is 0 Å². The average Bonchev–Trinajstić information content (AvgIpc) is 2.62. The van der Waals surface area contributed by atoms with Crippen molar-refractivity contribution in [3.63, 3.8) is 0 Å². The Hall–Kier alpha value is -0.650. The van der Waals surface area contributed by atoms with Gasteiger partial charge in [0, 0.05) is 25.7 Å². The minimum Gasteiger partial charge on any atom is -0.480 e. The van der Waals surface area contributed by atoms with E-state index in [4.69, 9.17) is 15.6 Å². The molecule has 17 heavy (non-hydrogen) atoms. The first-order chi connectivity index (χ1) is 7.90. The van der Waals surface area contributed by atoms with Gasteiger partial charge >= 0.3 is 5.97 Å². The molecule has 0 aromatic carbocycles. The molecule has 0 aliphatic heterocycles. The van der Waals surface area contributed by atoms with Crippen LogP contribution in [0.15, 0.2) is 0 Å². The standard InChI is InChI=1S/C12H24N2O3/c1-9(2)14(6-7-17-3)10-4-5-12(13,8-10)11(15)16/h9-10H,4-8,13H2,1-3H3,(H,15,16). The Morgan fingerprint density at radius 3 is 2.71 bits per heavy atom. The zero-order chi connectivity index (χ0) is 13.1. The lowest BCUT2D eigenvalue weighted by Gasteiger charge is -2.33. The second-order valence-electron chi connectivity index (χ2n) is 5.18. The van der Waals surface area contributed by atoms with Crippen LogP contribution in [0.2, 0.25) is 0 Å². The fourth-order valence-corrected chi connectivity index (χ4v) is 2.59. The number of hydrogen-bond acceptors (Lipinski definition) is 4. The number of hydrogen-bond donors (Lipinski definition) is 2. The third-order valence-electron chi connectivity index (χ3n) is 3.64. The molecule has 1 aliphatic rings. The highest BCUT2D eigenvalue weighted by molar-refractivity contribution is 5.79. The van der Waals surface area contributed by atoms with Crippen molar-refractivity contribution in [2.24, 2.45) is 5.73 Å². The van der Waals surface area contributed by atoms with E-state index in [1.165, 1.54) is 0 Å². The van der Waals surface area contributed by atoms with Crippen molar-refractivity contribution in [1.29, 1.82) is 0 Å². The number of ether oxygens (including phenoxy) is 1. The summed E-state index contributed by atoms with van der Waals surface area (Å²) in [6.07, 6.45) is 1.94. The summed E-state index contributed by atoms with van der Waals surface area (Å²) in [6, 6.07) is 0.637. The van der Waals surface area contributed by atoms with Crippen LogP contribution in [0.25, 0.3) is 0 Å². The van der Waals surface area contributed by atoms with E-state index in [1.807, 2.05) is 0 Å². The lowest BCUT2D eigenvalue weighted by Crippen LogP contribution is -2.48. The van der Waals surface area contributed by atoms with Crippen molar-refractivity contribution in [1.82, 2.24) is 4.90 Å². The van der Waals surface area contributed by atoms with E-state index in [9.17, 15) is 4.79 Å². The molecular formula is C12H24N2O3. The molecule has 0 bridgehead atoms. The van der Waals surface area contributed by atoms with Crippen molar-refractivity contribution in [2.75, 3.05) is 20.3 Å². The molecule has 1 aliphatic carbocycles. The predicted molar refractivity (Wildman–Crippen MR) is 65.9 cm³/mol. The van der Waals surface area contributed by atoms with Gasteiger partial charge in [-0.25, -0.2) is 0 Å². The van der Waals surface area contributed by atoms with Gasteiger partial charge in [-0.3, -0.25) is 9.69 Å². The van der Waals surface area contributed by atoms with E-state index in [0.717, 1.165) is 13.0 Å². The number of carboxylic acids is 1. The van der Waals surface area contributed by atoms with Crippen LogP contribution in [0.1, 0.15) is 33.1 Å². The quantitative estimate of drug-likeness (QED) is 0.718. The maximum Gasteiger partial charge on any atom is 0.323 e. The maximum atomic E-state index is 11.1. The van der Waals surface area contributed by atoms with Gasteiger partial charge < -0.3 is 15.6 Å². The van der Waals surface area contributed by atoms with Crippen molar-refractivity contribution in [3.05, 3.63) is 0 Å². The first-order valence-corrected chi connectivity index (χ1v) is 6.17. The molecule has 1 rings (SSSR count). The van der Waals surface area contributed by atoms with Gasteiger partial charge in [-0.1, -0.05) is 0 Å². The molecule has 1 saturated carbocycles. The Kier molecular flexibility index (Phi) is 4.91. The van der Waals surface area contributed by atoms with Gasteiger partial charge in [0.1, 0.15) is 5.54 Å². The first-order valence-electron chi connectivity index (χ1n) is 6.17. The molecule has 0 aromatic rings. The normalized spacial score (nSPS) is 29.2. The van der Waals surface area contributed by atoms with E-state index < -0.39 is 11.5 Å². The Morgan fingerprint density at radius 1 is 1.65 bits per heavy atom. The van der Waals surface area contributed by atoms with E-state index >= 15 is 0 Å². The van der Waals surface area contributed by atoms with Crippen LogP contribution in [0.4, 0.5) is 0 Å². The molecule has 0 heterocycles. The van der Waals surface area contributed by atoms with Crippen LogP contribution in [0, 0.1) is 0 Å². The van der Waals surface area contributed by atoms with E-state index in [2.05, 4.69) is 18.7 Å². The van der Waals surface area contributed by atoms with Crippen LogP contribution < -0.4 is 5.73 Å². The lowest BCUT2D eigenvalue weighted by molar-refractivity contribution is -0.143. The molecule has 1 fully saturated rings. The molecule has 5 heteroatoms. The lowest BCUT2D eigenvalue weighted by atomic mass is 9.99. The Morgan fingerprint density at radius 2 is 2.29 bits per heavy atom. The van der Waals surface area contributed by atoms with Crippen molar-refractivity contribution >= 4 is 5.97 Å². The summed E-state index contributed by atoms with van der Waals surface area (Å²) in [5.74, 6) is -0.879. The zero-order valence-electron chi connectivity index (χ0n) is 11.0. The Labute approximate surface area is 103 Å². The highest BCUT2D eigenvalue weighted by Gasteiger charge is 2.44. The van der Waals surface area contributed by atoms with Crippen molar-refractivity contribution in [2.45, 2.75) is 50.7 Å². The molecule has 0 spiro atoms. The van der Waals surface area contributed by atoms with Crippen LogP contribution >= 0.6 is 0 Å². The van der Waals surface area contributed by atoms with Gasteiger partial charge in [0.05, 0.1) is 6.61 Å². The van der Waals surface area contributed by atoms with Gasteiger partial charge in [0.15, 0.2) is 0 Å². The number of carbonyl (C=O) groups is 1. The van der Waals surface area contributed by atoms with Crippen LogP contribution in [0.5, 0.6) is 0 Å². The summed E-state index contributed by atoms with van der Waals surface area (Å²) in [4.78, 5) is 13.4. The summed E-state index contributed by atoms with van der Waals surface area (Å²) in [7, 11) is 1.68. The second kappa shape index (κ2) is 5.80. The first kappa shape index (κ1) is 14.4. The molecule has 100 valence electrons. The van der Waals surface area contributed by atoms with Crippen molar-refractivity contribution in [3.8, 4) is 0 Å². The molecule has 2 atom stereocenters. The monoisotopic (exact) mass is 244 g/mol. The average molecular weight is 244 g/mol. The second-order valence-corrected chi connectivity index (χ2v) is 5.18. The van der Waals surface area contributed by atoms with E-state index in [1.54, 1.807) is 7.11 Å². The molecule has 0 radical (unpaired) electrons. The fraction of sp³-hybridized carbons (Fsp3) is 0.917. The minimum absolute atomic E-state index is 0.256. The smallest absolute Gasteiger partial charge is 0.323 e. The molecule has 0 aromatic heterocycles. The van der Waals surface area contributed by atoms with Gasteiger partial charge in [-0.05, 0) is 33.1 Å². The van der Waals surface area contributed by atoms with Crippen LogP contribution in [0.3, 0.4) is 0 Å².